The average molecular weight is 161 g/mol. The van der Waals surface area contributed by atoms with E-state index < -0.39 is 18.2 Å². The van der Waals surface area contributed by atoms with Crippen LogP contribution in [0, 0.1) is 0 Å². The molecule has 0 aliphatic carbocycles. The number of hydrogen-bond acceptors (Lipinski definition) is 4. The van der Waals surface area contributed by atoms with E-state index in [1.807, 2.05) is 0 Å². The van der Waals surface area contributed by atoms with Crippen molar-refractivity contribution < 1.29 is 14.9 Å². The van der Waals surface area contributed by atoms with Crippen molar-refractivity contribution in [3.63, 3.8) is 0 Å². The molecule has 0 spiro atoms. The zero-order valence-electron chi connectivity index (χ0n) is 6.77. The molecule has 0 aromatic carbocycles. The van der Waals surface area contributed by atoms with Crippen molar-refractivity contribution in [1.29, 1.82) is 0 Å². The predicted octanol–water partition coefficient (Wildman–Crippen LogP) is -1.16. The highest BCUT2D eigenvalue weighted by Crippen LogP contribution is 2.18. The van der Waals surface area contributed by atoms with Gasteiger partial charge in [-0.3, -0.25) is 0 Å². The lowest BCUT2D eigenvalue weighted by atomic mass is 9.95. The van der Waals surface area contributed by atoms with Crippen LogP contribution in [0.3, 0.4) is 0 Å². The molecule has 1 rings (SSSR count). The average Bonchev–Trinajstić information content (AvgIpc) is 1.97. The molecule has 5 atom stereocenters. The Morgan fingerprint density at radius 2 is 1.45 bits per heavy atom. The minimum Gasteiger partial charge on any atom is -0.389 e. The lowest BCUT2D eigenvalue weighted by Crippen LogP contribution is -2.59. The van der Waals surface area contributed by atoms with Gasteiger partial charge in [0, 0.05) is 0 Å². The third-order valence-electron chi connectivity index (χ3n) is 2.18. The highest BCUT2D eigenvalue weighted by atomic mass is 16.5. The topological polar surface area (TPSA) is 75.7 Å². The zero-order chi connectivity index (χ0) is 8.59. The molecule has 0 radical (unpaired) electrons. The Hall–Kier alpha value is -0.160. The molecule has 66 valence electrons. The maximum absolute atomic E-state index is 9.32. The van der Waals surface area contributed by atoms with Gasteiger partial charge in [0.15, 0.2) is 0 Å². The molecule has 4 heteroatoms. The number of ether oxygens (including phenoxy) is 1. The summed E-state index contributed by atoms with van der Waals surface area (Å²) < 4.78 is 5.20. The van der Waals surface area contributed by atoms with E-state index in [0.717, 1.165) is 0 Å². The van der Waals surface area contributed by atoms with Gasteiger partial charge in [-0.25, -0.2) is 0 Å². The van der Waals surface area contributed by atoms with Crippen molar-refractivity contribution in [3.05, 3.63) is 0 Å². The fourth-order valence-corrected chi connectivity index (χ4v) is 1.33. The molecular formula is C7H15NO3. The smallest absolute Gasteiger partial charge is 0.0975 e. The summed E-state index contributed by atoms with van der Waals surface area (Å²) in [5.74, 6) is 0. The van der Waals surface area contributed by atoms with Gasteiger partial charge >= 0.3 is 0 Å². The second kappa shape index (κ2) is 3.06. The van der Waals surface area contributed by atoms with Crippen LogP contribution in [0.5, 0.6) is 0 Å². The summed E-state index contributed by atoms with van der Waals surface area (Å²) in [7, 11) is 0. The highest BCUT2D eigenvalue weighted by molar-refractivity contribution is 4.91. The molecule has 1 fully saturated rings. The van der Waals surface area contributed by atoms with E-state index in [-0.39, 0.29) is 12.2 Å². The number of hydrogen-bond donors (Lipinski definition) is 3. The first-order chi connectivity index (χ1) is 5.04. The normalized spacial score (nSPS) is 52.6. The maximum Gasteiger partial charge on any atom is 0.0975 e. The van der Waals surface area contributed by atoms with Gasteiger partial charge in [-0.2, -0.15) is 0 Å². The third-order valence-corrected chi connectivity index (χ3v) is 2.18. The van der Waals surface area contributed by atoms with Gasteiger partial charge in [0.25, 0.3) is 0 Å². The lowest BCUT2D eigenvalue weighted by Gasteiger charge is -2.38. The summed E-state index contributed by atoms with van der Waals surface area (Å²) in [6.45, 7) is 3.49. The van der Waals surface area contributed by atoms with Gasteiger partial charge < -0.3 is 20.7 Å². The van der Waals surface area contributed by atoms with Crippen LogP contribution in [-0.4, -0.2) is 40.7 Å². The number of rotatable bonds is 0. The fraction of sp³-hybridized carbons (Fsp3) is 1.00. The summed E-state index contributed by atoms with van der Waals surface area (Å²) in [6, 6.07) is -0.589. The van der Waals surface area contributed by atoms with E-state index in [2.05, 4.69) is 0 Å². The molecule has 0 aromatic rings. The van der Waals surface area contributed by atoms with E-state index in [4.69, 9.17) is 10.5 Å². The van der Waals surface area contributed by atoms with Crippen molar-refractivity contribution in [2.45, 2.75) is 44.3 Å². The van der Waals surface area contributed by atoms with Crippen molar-refractivity contribution in [2.24, 2.45) is 5.73 Å². The van der Waals surface area contributed by atoms with Crippen LogP contribution < -0.4 is 5.73 Å². The molecule has 1 unspecified atom stereocenters. The van der Waals surface area contributed by atoms with Gasteiger partial charge in [0.05, 0.1) is 30.5 Å². The first-order valence-corrected chi connectivity index (χ1v) is 3.81. The van der Waals surface area contributed by atoms with Gasteiger partial charge in [-0.15, -0.1) is 0 Å². The van der Waals surface area contributed by atoms with Crippen LogP contribution in [-0.2, 0) is 4.74 Å². The number of aliphatic hydroxyl groups excluding tert-OH is 2. The van der Waals surface area contributed by atoms with E-state index in [1.54, 1.807) is 13.8 Å². The SMILES string of the molecule is C[C@@H]1O[C@H](C)[C@@H](O)C(N)[C@@H]1O. The van der Waals surface area contributed by atoms with E-state index in [1.165, 1.54) is 0 Å². The second-order valence-corrected chi connectivity index (χ2v) is 3.10. The van der Waals surface area contributed by atoms with Crippen molar-refractivity contribution in [1.82, 2.24) is 0 Å². The van der Waals surface area contributed by atoms with Crippen LogP contribution in [0.15, 0.2) is 0 Å². The molecule has 4 nitrogen and oxygen atoms in total. The molecule has 0 bridgehead atoms. The molecule has 0 aromatic heterocycles. The van der Waals surface area contributed by atoms with Crippen molar-refractivity contribution >= 4 is 0 Å². The molecule has 1 aliphatic heterocycles. The van der Waals surface area contributed by atoms with E-state index >= 15 is 0 Å². The quantitative estimate of drug-likeness (QED) is 0.419. The first kappa shape index (κ1) is 8.93. The van der Waals surface area contributed by atoms with Gasteiger partial charge in [0.2, 0.25) is 0 Å². The largest absolute Gasteiger partial charge is 0.389 e. The summed E-state index contributed by atoms with van der Waals surface area (Å²) in [4.78, 5) is 0. The van der Waals surface area contributed by atoms with Crippen molar-refractivity contribution in [3.8, 4) is 0 Å². The predicted molar refractivity (Wildman–Crippen MR) is 40.0 cm³/mol. The molecule has 1 saturated heterocycles. The lowest BCUT2D eigenvalue weighted by molar-refractivity contribution is -0.165. The van der Waals surface area contributed by atoms with Gasteiger partial charge in [-0.05, 0) is 13.8 Å². The van der Waals surface area contributed by atoms with Crippen molar-refractivity contribution in [2.75, 3.05) is 0 Å². The molecule has 1 aliphatic rings. The highest BCUT2D eigenvalue weighted by Gasteiger charge is 2.38. The van der Waals surface area contributed by atoms with Crippen LogP contribution in [0.4, 0.5) is 0 Å². The third kappa shape index (κ3) is 1.54. The summed E-state index contributed by atoms with van der Waals surface area (Å²) in [5, 5.41) is 18.6. The Bertz CT molecular complexity index is 128. The Labute approximate surface area is 66.0 Å². The molecule has 11 heavy (non-hydrogen) atoms. The zero-order valence-corrected chi connectivity index (χ0v) is 6.77. The van der Waals surface area contributed by atoms with Gasteiger partial charge in [0.1, 0.15) is 0 Å². The molecule has 1 heterocycles. The monoisotopic (exact) mass is 161 g/mol. The summed E-state index contributed by atoms with van der Waals surface area (Å²) in [6.07, 6.45) is -2.10. The summed E-state index contributed by atoms with van der Waals surface area (Å²) in [5.41, 5.74) is 5.52. The second-order valence-electron chi connectivity index (χ2n) is 3.10. The summed E-state index contributed by atoms with van der Waals surface area (Å²) >= 11 is 0. The standard InChI is InChI=1S/C7H15NO3/c1-3-6(9)5(8)7(10)4(2)11-3/h3-7,9-10H,8H2,1-2H3/t3-,4+,5?,6-,7-/m1/s1. The molecule has 0 amide bonds. The molecule has 0 saturated carbocycles. The molecular weight excluding hydrogens is 146 g/mol. The maximum atomic E-state index is 9.32. The first-order valence-electron chi connectivity index (χ1n) is 3.81. The van der Waals surface area contributed by atoms with E-state index in [0.29, 0.717) is 0 Å². The van der Waals surface area contributed by atoms with Crippen LogP contribution in [0.2, 0.25) is 0 Å². The minimum absolute atomic E-state index is 0.289. The Morgan fingerprint density at radius 3 is 1.82 bits per heavy atom. The Kier molecular flexibility index (Phi) is 2.49. The molecule has 4 N–H and O–H groups in total. The van der Waals surface area contributed by atoms with Crippen LogP contribution in [0.25, 0.3) is 0 Å². The number of nitrogens with two attached hydrogens (primary N) is 1. The van der Waals surface area contributed by atoms with Crippen LogP contribution >= 0.6 is 0 Å². The Morgan fingerprint density at radius 1 is 1.09 bits per heavy atom. The van der Waals surface area contributed by atoms with Gasteiger partial charge in [-0.1, -0.05) is 0 Å². The number of aliphatic hydroxyl groups is 2. The fourth-order valence-electron chi connectivity index (χ4n) is 1.33. The minimum atomic E-state index is -0.763. The van der Waals surface area contributed by atoms with E-state index in [9.17, 15) is 10.2 Å². The van der Waals surface area contributed by atoms with Crippen LogP contribution in [0.1, 0.15) is 13.8 Å². The Balaban J connectivity index is 2.63.